The van der Waals surface area contributed by atoms with E-state index in [1.807, 2.05) is 18.2 Å². The van der Waals surface area contributed by atoms with Gasteiger partial charge in [-0.3, -0.25) is 14.8 Å². The van der Waals surface area contributed by atoms with E-state index in [-0.39, 0.29) is 5.91 Å². The number of benzene rings is 1. The van der Waals surface area contributed by atoms with Crippen molar-refractivity contribution in [3.63, 3.8) is 0 Å². The number of carbonyl (C=O) groups is 1. The highest BCUT2D eigenvalue weighted by atomic mass is 16.1. The van der Waals surface area contributed by atoms with Gasteiger partial charge < -0.3 is 5.32 Å². The molecule has 0 bridgehead atoms. The Morgan fingerprint density at radius 3 is 2.69 bits per heavy atom. The van der Waals surface area contributed by atoms with Crippen molar-refractivity contribution < 1.29 is 4.79 Å². The lowest BCUT2D eigenvalue weighted by atomic mass is 10.2. The van der Waals surface area contributed by atoms with Gasteiger partial charge >= 0.3 is 0 Å². The van der Waals surface area contributed by atoms with Crippen LogP contribution in [0.25, 0.3) is 0 Å². The molecule has 0 spiro atoms. The summed E-state index contributed by atoms with van der Waals surface area (Å²) in [6, 6.07) is 9.08. The number of hydrogen-bond acceptors (Lipinski definition) is 3. The minimum atomic E-state index is -0.105. The second kappa shape index (κ2) is 5.02. The Morgan fingerprint density at radius 2 is 2.00 bits per heavy atom. The second-order valence-electron chi connectivity index (χ2n) is 3.25. The van der Waals surface area contributed by atoms with Gasteiger partial charge in [0, 0.05) is 18.0 Å². The Hall–Kier alpha value is -2.23. The first kappa shape index (κ1) is 10.3. The maximum absolute atomic E-state index is 11.7. The maximum atomic E-state index is 11.7. The number of amides is 1. The van der Waals surface area contributed by atoms with Gasteiger partial charge in [-0.1, -0.05) is 18.2 Å². The quantitative estimate of drug-likeness (QED) is 0.838. The first-order chi connectivity index (χ1) is 7.86. The van der Waals surface area contributed by atoms with E-state index in [0.29, 0.717) is 12.1 Å². The summed E-state index contributed by atoms with van der Waals surface area (Å²) in [5.74, 6) is -0.105. The summed E-state index contributed by atoms with van der Waals surface area (Å²) in [4.78, 5) is 19.6. The molecule has 4 heteroatoms. The number of aromatic nitrogens is 2. The average molecular weight is 213 g/mol. The summed E-state index contributed by atoms with van der Waals surface area (Å²) in [5.41, 5.74) is 1.39. The van der Waals surface area contributed by atoms with Gasteiger partial charge in [0.25, 0.3) is 5.91 Å². The van der Waals surface area contributed by atoms with E-state index in [0.717, 1.165) is 5.69 Å². The smallest absolute Gasteiger partial charge is 0.251 e. The van der Waals surface area contributed by atoms with Crippen LogP contribution < -0.4 is 5.32 Å². The molecular weight excluding hydrogens is 202 g/mol. The highest BCUT2D eigenvalue weighted by molar-refractivity contribution is 5.93. The van der Waals surface area contributed by atoms with Gasteiger partial charge in [-0.05, 0) is 12.1 Å². The molecule has 0 unspecified atom stereocenters. The van der Waals surface area contributed by atoms with Crippen LogP contribution in [0, 0.1) is 0 Å². The molecule has 1 aromatic heterocycles. The monoisotopic (exact) mass is 213 g/mol. The fraction of sp³-hybridized carbons (Fsp3) is 0.0833. The lowest BCUT2D eigenvalue weighted by Crippen LogP contribution is -2.23. The van der Waals surface area contributed by atoms with Gasteiger partial charge in [-0.2, -0.15) is 0 Å². The Balaban J connectivity index is 1.95. The molecule has 2 aromatic rings. The van der Waals surface area contributed by atoms with Crippen LogP contribution >= 0.6 is 0 Å². The zero-order chi connectivity index (χ0) is 11.2. The molecule has 0 aliphatic carbocycles. The fourth-order valence-corrected chi connectivity index (χ4v) is 1.28. The van der Waals surface area contributed by atoms with E-state index in [1.54, 1.807) is 30.7 Å². The van der Waals surface area contributed by atoms with Gasteiger partial charge in [-0.25, -0.2) is 0 Å². The van der Waals surface area contributed by atoms with Gasteiger partial charge in [0.1, 0.15) is 0 Å². The molecule has 4 nitrogen and oxygen atoms in total. The molecular formula is C12H11N3O. The summed E-state index contributed by atoms with van der Waals surface area (Å²) >= 11 is 0. The molecule has 0 radical (unpaired) electrons. The zero-order valence-electron chi connectivity index (χ0n) is 8.63. The highest BCUT2D eigenvalue weighted by Crippen LogP contribution is 1.98. The van der Waals surface area contributed by atoms with Crippen molar-refractivity contribution >= 4 is 5.91 Å². The summed E-state index contributed by atoms with van der Waals surface area (Å²) in [6.45, 7) is 0.390. The Bertz CT molecular complexity index is 456. The fourth-order valence-electron chi connectivity index (χ4n) is 1.28. The zero-order valence-corrected chi connectivity index (χ0v) is 8.63. The van der Waals surface area contributed by atoms with Crippen LogP contribution in [0.2, 0.25) is 0 Å². The molecule has 1 aromatic carbocycles. The molecule has 0 aliphatic heterocycles. The lowest BCUT2D eigenvalue weighted by Gasteiger charge is -2.03. The van der Waals surface area contributed by atoms with Crippen molar-refractivity contribution in [2.45, 2.75) is 6.54 Å². The number of hydrogen-bond donors (Lipinski definition) is 1. The van der Waals surface area contributed by atoms with Crippen molar-refractivity contribution in [3.8, 4) is 0 Å². The predicted molar refractivity (Wildman–Crippen MR) is 59.6 cm³/mol. The molecule has 0 atom stereocenters. The van der Waals surface area contributed by atoms with Crippen LogP contribution in [0.4, 0.5) is 0 Å². The average Bonchev–Trinajstić information content (AvgIpc) is 2.38. The molecule has 0 aliphatic rings. The predicted octanol–water partition coefficient (Wildman–Crippen LogP) is 1.41. The van der Waals surface area contributed by atoms with Crippen molar-refractivity contribution in [1.82, 2.24) is 15.3 Å². The van der Waals surface area contributed by atoms with E-state index < -0.39 is 0 Å². The Kier molecular flexibility index (Phi) is 3.23. The molecule has 0 fully saturated rings. The standard InChI is InChI=1S/C12H11N3O/c16-12(10-4-2-1-3-5-10)15-9-11-8-13-6-7-14-11/h1-8H,9H2,(H,15,16). The summed E-state index contributed by atoms with van der Waals surface area (Å²) in [6.07, 6.45) is 4.83. The lowest BCUT2D eigenvalue weighted by molar-refractivity contribution is 0.0950. The molecule has 1 N–H and O–H groups in total. The van der Waals surface area contributed by atoms with Crippen LogP contribution in [0.3, 0.4) is 0 Å². The molecule has 80 valence electrons. The van der Waals surface area contributed by atoms with E-state index in [9.17, 15) is 4.79 Å². The third-order valence-electron chi connectivity index (χ3n) is 2.08. The minimum absolute atomic E-state index is 0.105. The van der Waals surface area contributed by atoms with Crippen molar-refractivity contribution in [2.24, 2.45) is 0 Å². The minimum Gasteiger partial charge on any atom is -0.346 e. The molecule has 16 heavy (non-hydrogen) atoms. The van der Waals surface area contributed by atoms with Crippen molar-refractivity contribution in [1.29, 1.82) is 0 Å². The summed E-state index contributed by atoms with van der Waals surface area (Å²) in [7, 11) is 0. The molecule has 1 amide bonds. The largest absolute Gasteiger partial charge is 0.346 e. The van der Waals surface area contributed by atoms with Crippen molar-refractivity contribution in [2.75, 3.05) is 0 Å². The van der Waals surface area contributed by atoms with E-state index in [1.165, 1.54) is 0 Å². The van der Waals surface area contributed by atoms with Gasteiger partial charge in [0.15, 0.2) is 0 Å². The third kappa shape index (κ3) is 2.63. The number of nitrogens with one attached hydrogen (secondary N) is 1. The van der Waals surface area contributed by atoms with Gasteiger partial charge in [0.2, 0.25) is 0 Å². The van der Waals surface area contributed by atoms with Crippen LogP contribution in [0.15, 0.2) is 48.9 Å². The third-order valence-corrected chi connectivity index (χ3v) is 2.08. The molecule has 0 saturated heterocycles. The Labute approximate surface area is 93.4 Å². The SMILES string of the molecule is O=C(NCc1cnccn1)c1ccccc1. The van der Waals surface area contributed by atoms with Crippen LogP contribution in [0.5, 0.6) is 0 Å². The number of carbonyl (C=O) groups excluding carboxylic acids is 1. The van der Waals surface area contributed by atoms with E-state index >= 15 is 0 Å². The van der Waals surface area contributed by atoms with Crippen LogP contribution in [-0.4, -0.2) is 15.9 Å². The highest BCUT2D eigenvalue weighted by Gasteiger charge is 2.03. The summed E-state index contributed by atoms with van der Waals surface area (Å²) in [5, 5.41) is 2.77. The summed E-state index contributed by atoms with van der Waals surface area (Å²) < 4.78 is 0. The van der Waals surface area contributed by atoms with Crippen LogP contribution in [-0.2, 0) is 6.54 Å². The normalized spacial score (nSPS) is 9.75. The number of rotatable bonds is 3. The second-order valence-corrected chi connectivity index (χ2v) is 3.25. The van der Waals surface area contributed by atoms with Crippen LogP contribution in [0.1, 0.15) is 16.1 Å². The first-order valence-electron chi connectivity index (χ1n) is 4.94. The molecule has 0 saturated carbocycles. The molecule has 2 rings (SSSR count). The Morgan fingerprint density at radius 1 is 1.19 bits per heavy atom. The van der Waals surface area contributed by atoms with Gasteiger partial charge in [-0.15, -0.1) is 0 Å². The topological polar surface area (TPSA) is 54.9 Å². The van der Waals surface area contributed by atoms with E-state index in [4.69, 9.17) is 0 Å². The van der Waals surface area contributed by atoms with Crippen molar-refractivity contribution in [3.05, 3.63) is 60.2 Å². The number of nitrogens with zero attached hydrogens (tertiary/aromatic N) is 2. The van der Waals surface area contributed by atoms with Gasteiger partial charge in [0.05, 0.1) is 18.4 Å². The van der Waals surface area contributed by atoms with E-state index in [2.05, 4.69) is 15.3 Å². The molecule has 1 heterocycles. The first-order valence-corrected chi connectivity index (χ1v) is 4.94. The maximum Gasteiger partial charge on any atom is 0.251 e.